The van der Waals surface area contributed by atoms with Crippen LogP contribution in [0.4, 0.5) is 27.6 Å². The van der Waals surface area contributed by atoms with Crippen molar-refractivity contribution in [2.45, 2.75) is 12.0 Å². The number of benzene rings is 1. The van der Waals surface area contributed by atoms with Crippen molar-refractivity contribution in [3.63, 3.8) is 0 Å². The highest BCUT2D eigenvalue weighted by atomic mass is 19.3. The number of nitrogens with two attached hydrogens (primary N) is 1. The van der Waals surface area contributed by atoms with Gasteiger partial charge in [0.05, 0.1) is 12.8 Å². The van der Waals surface area contributed by atoms with Crippen molar-refractivity contribution in [2.75, 3.05) is 18.5 Å². The molecule has 3 N–H and O–H groups in total. The van der Waals surface area contributed by atoms with Crippen LogP contribution < -0.4 is 11.1 Å². The minimum Gasteiger partial charge on any atom is -0.385 e. The van der Waals surface area contributed by atoms with E-state index < -0.39 is 53.2 Å². The summed E-state index contributed by atoms with van der Waals surface area (Å²) in [5.41, 5.74) is 1.67. The van der Waals surface area contributed by atoms with Crippen LogP contribution in [0.25, 0.3) is 0 Å². The third-order valence-electron chi connectivity index (χ3n) is 3.99. The van der Waals surface area contributed by atoms with Gasteiger partial charge in [-0.05, 0) is 18.2 Å². The van der Waals surface area contributed by atoms with E-state index >= 15 is 0 Å². The van der Waals surface area contributed by atoms with Crippen LogP contribution in [0, 0.1) is 17.5 Å². The third-order valence-corrected chi connectivity index (χ3v) is 3.99. The second kappa shape index (κ2) is 7.50. The molecule has 1 atom stereocenters. The van der Waals surface area contributed by atoms with Crippen molar-refractivity contribution in [2.24, 2.45) is 10.7 Å². The normalized spacial score (nSPS) is 19.4. The molecule has 0 spiro atoms. The van der Waals surface area contributed by atoms with Crippen LogP contribution in [-0.4, -0.2) is 36.4 Å². The Balaban J connectivity index is 1.97. The number of hydrogen-bond donors (Lipinski definition) is 2. The summed E-state index contributed by atoms with van der Waals surface area (Å²) in [4.78, 5) is 19.2. The number of ether oxygens (including phenoxy) is 1. The molecule has 0 saturated carbocycles. The van der Waals surface area contributed by atoms with Crippen LogP contribution in [0.15, 0.2) is 35.5 Å². The zero-order valence-corrected chi connectivity index (χ0v) is 14.1. The van der Waals surface area contributed by atoms with Crippen LogP contribution in [0.3, 0.4) is 0 Å². The molecular weight excluding hydrogens is 387 g/mol. The summed E-state index contributed by atoms with van der Waals surface area (Å²) in [7, 11) is 0. The lowest BCUT2D eigenvalue weighted by Gasteiger charge is -2.33. The number of nitrogens with zero attached hydrogens (tertiary/aromatic N) is 2. The first-order valence-electron chi connectivity index (χ1n) is 7.85. The molecule has 0 bridgehead atoms. The van der Waals surface area contributed by atoms with Crippen LogP contribution in [0.5, 0.6) is 0 Å². The maximum Gasteiger partial charge on any atom is 0.277 e. The molecular formula is C17H13F5N4O2. The quantitative estimate of drug-likeness (QED) is 0.773. The molecule has 0 unspecified atom stereocenters. The van der Waals surface area contributed by atoms with Gasteiger partial charge in [-0.1, -0.05) is 0 Å². The molecule has 3 rings (SSSR count). The van der Waals surface area contributed by atoms with Crippen molar-refractivity contribution in [3.8, 4) is 0 Å². The molecule has 1 aliphatic heterocycles. The van der Waals surface area contributed by atoms with Crippen molar-refractivity contribution in [3.05, 3.63) is 59.2 Å². The Labute approximate surface area is 155 Å². The molecule has 11 heteroatoms. The number of hydrogen-bond acceptors (Lipinski definition) is 5. The average molecular weight is 400 g/mol. The zero-order chi connectivity index (χ0) is 20.5. The number of pyridine rings is 1. The summed E-state index contributed by atoms with van der Waals surface area (Å²) in [6.07, 6.45) is -2.53. The minimum absolute atomic E-state index is 0.133. The van der Waals surface area contributed by atoms with E-state index in [1.807, 2.05) is 0 Å². The number of anilines is 1. The first-order valence-corrected chi connectivity index (χ1v) is 7.85. The van der Waals surface area contributed by atoms with E-state index in [0.29, 0.717) is 12.3 Å². The number of carbonyl (C=O) groups is 1. The number of aromatic nitrogens is 1. The molecule has 1 amide bonds. The molecule has 6 nitrogen and oxygen atoms in total. The maximum atomic E-state index is 14.3. The van der Waals surface area contributed by atoms with Gasteiger partial charge in [0.1, 0.15) is 24.1 Å². The Morgan fingerprint density at radius 1 is 1.21 bits per heavy atom. The van der Waals surface area contributed by atoms with Gasteiger partial charge in [-0.25, -0.2) is 26.9 Å². The zero-order valence-electron chi connectivity index (χ0n) is 14.1. The van der Waals surface area contributed by atoms with Gasteiger partial charge in [-0.2, -0.15) is 0 Å². The number of alkyl halides is 2. The van der Waals surface area contributed by atoms with Gasteiger partial charge in [0.25, 0.3) is 12.3 Å². The van der Waals surface area contributed by atoms with Gasteiger partial charge in [0.2, 0.25) is 0 Å². The van der Waals surface area contributed by atoms with E-state index in [1.54, 1.807) is 0 Å². The Bertz CT molecular complexity index is 953. The summed E-state index contributed by atoms with van der Waals surface area (Å²) in [6, 6.07) is 3.30. The first-order chi connectivity index (χ1) is 13.2. The van der Waals surface area contributed by atoms with Gasteiger partial charge in [-0.3, -0.25) is 9.79 Å². The molecule has 148 valence electrons. The molecule has 1 aromatic heterocycles. The Morgan fingerprint density at radius 2 is 1.96 bits per heavy atom. The molecule has 28 heavy (non-hydrogen) atoms. The molecule has 0 aliphatic carbocycles. The van der Waals surface area contributed by atoms with Crippen molar-refractivity contribution >= 4 is 17.4 Å². The number of carbonyl (C=O) groups excluding carboxylic acids is 1. The summed E-state index contributed by atoms with van der Waals surface area (Å²) < 4.78 is 73.5. The molecule has 1 aromatic carbocycles. The van der Waals surface area contributed by atoms with Crippen molar-refractivity contribution < 1.29 is 31.5 Å². The summed E-state index contributed by atoms with van der Waals surface area (Å²) in [6.45, 7) is -0.810. The summed E-state index contributed by atoms with van der Waals surface area (Å²) in [5, 5.41) is 2.20. The SMILES string of the molecule is NC1=N[C@@](c2cc(NC(=O)c3ncc(F)cc3F)ccc2F)(C(F)F)COC1. The molecule has 0 radical (unpaired) electrons. The Kier molecular flexibility index (Phi) is 5.27. The third kappa shape index (κ3) is 3.65. The number of amidine groups is 1. The lowest BCUT2D eigenvalue weighted by atomic mass is 9.90. The lowest BCUT2D eigenvalue weighted by Crippen LogP contribution is -2.45. The highest BCUT2D eigenvalue weighted by Gasteiger charge is 2.46. The smallest absolute Gasteiger partial charge is 0.277 e. The fraction of sp³-hybridized carbons (Fsp3) is 0.235. The van der Waals surface area contributed by atoms with E-state index in [-0.39, 0.29) is 18.1 Å². The van der Waals surface area contributed by atoms with Gasteiger partial charge in [0.15, 0.2) is 17.1 Å². The van der Waals surface area contributed by atoms with E-state index in [2.05, 4.69) is 15.3 Å². The standard InChI is InChI=1S/C17H13F5N4O2/c18-8-3-12(20)14(24-5-8)15(27)25-9-1-2-11(19)10(4-9)17(16(21)22)7-28-6-13(23)26-17/h1-5,16H,6-7H2,(H2,23,26)(H,25,27)/t17-/m0/s1. The number of aliphatic imine (C=N–C) groups is 1. The average Bonchev–Trinajstić information content (AvgIpc) is 2.62. The van der Waals surface area contributed by atoms with Crippen LogP contribution in [0.2, 0.25) is 0 Å². The molecule has 1 aliphatic rings. The highest BCUT2D eigenvalue weighted by molar-refractivity contribution is 6.03. The topological polar surface area (TPSA) is 89.6 Å². The van der Waals surface area contributed by atoms with Gasteiger partial charge in [0, 0.05) is 17.3 Å². The molecule has 0 saturated heterocycles. The van der Waals surface area contributed by atoms with Crippen molar-refractivity contribution in [1.82, 2.24) is 4.98 Å². The first kappa shape index (κ1) is 19.7. The highest BCUT2D eigenvalue weighted by Crippen LogP contribution is 2.38. The fourth-order valence-corrected chi connectivity index (χ4v) is 2.71. The number of rotatable bonds is 4. The number of halogens is 5. The predicted octanol–water partition coefficient (Wildman–Crippen LogP) is 2.60. The van der Waals surface area contributed by atoms with E-state index in [0.717, 1.165) is 18.2 Å². The van der Waals surface area contributed by atoms with E-state index in [4.69, 9.17) is 10.5 Å². The molecule has 2 aromatic rings. The Morgan fingerprint density at radius 3 is 2.61 bits per heavy atom. The van der Waals surface area contributed by atoms with Gasteiger partial charge in [-0.15, -0.1) is 0 Å². The lowest BCUT2D eigenvalue weighted by molar-refractivity contribution is -0.0145. The molecule has 2 heterocycles. The summed E-state index contributed by atoms with van der Waals surface area (Å²) >= 11 is 0. The maximum absolute atomic E-state index is 14.3. The Hall–Kier alpha value is -3.08. The van der Waals surface area contributed by atoms with E-state index in [1.165, 1.54) is 0 Å². The minimum atomic E-state index is -3.16. The second-order valence-corrected chi connectivity index (χ2v) is 5.95. The predicted molar refractivity (Wildman–Crippen MR) is 88.6 cm³/mol. The largest absolute Gasteiger partial charge is 0.385 e. The molecule has 0 fully saturated rings. The number of nitrogens with one attached hydrogen (secondary N) is 1. The van der Waals surface area contributed by atoms with E-state index in [9.17, 15) is 26.7 Å². The monoisotopic (exact) mass is 400 g/mol. The summed E-state index contributed by atoms with van der Waals surface area (Å²) in [5.74, 6) is -4.54. The van der Waals surface area contributed by atoms with Gasteiger partial charge < -0.3 is 15.8 Å². The van der Waals surface area contributed by atoms with Gasteiger partial charge >= 0.3 is 0 Å². The van der Waals surface area contributed by atoms with Crippen molar-refractivity contribution in [1.29, 1.82) is 0 Å². The fourth-order valence-electron chi connectivity index (χ4n) is 2.71. The van der Waals surface area contributed by atoms with Crippen LogP contribution >= 0.6 is 0 Å². The van der Waals surface area contributed by atoms with Crippen LogP contribution in [-0.2, 0) is 10.3 Å². The van der Waals surface area contributed by atoms with Crippen LogP contribution in [0.1, 0.15) is 16.1 Å². The number of amides is 1. The second-order valence-electron chi connectivity index (χ2n) is 5.95.